The topological polar surface area (TPSA) is 38.3 Å². The first kappa shape index (κ1) is 15.5. The van der Waals surface area contributed by atoms with E-state index in [0.717, 1.165) is 5.56 Å². The quantitative estimate of drug-likeness (QED) is 0.828. The third-order valence-electron chi connectivity index (χ3n) is 3.12. The maximum atomic E-state index is 13.5. The predicted octanol–water partition coefficient (Wildman–Crippen LogP) is 3.96. The van der Waals surface area contributed by atoms with Crippen LogP contribution in [0.3, 0.4) is 0 Å². The maximum Gasteiger partial charge on any atom is 0.314 e. The van der Waals surface area contributed by atoms with Gasteiger partial charge in [0.2, 0.25) is 0 Å². The second-order valence-electron chi connectivity index (χ2n) is 4.50. The van der Waals surface area contributed by atoms with Gasteiger partial charge in [-0.15, -0.1) is 0 Å². The molecule has 1 N–H and O–H groups in total. The fraction of sp³-hybridized carbons (Fsp3) is 0.188. The van der Waals surface area contributed by atoms with E-state index in [0.29, 0.717) is 16.7 Å². The summed E-state index contributed by atoms with van der Waals surface area (Å²) in [6.07, 6.45) is 0. The van der Waals surface area contributed by atoms with Crippen LogP contribution in [-0.4, -0.2) is 19.6 Å². The number of rotatable bonds is 5. The number of anilines is 1. The number of carbonyl (C=O) groups is 1. The standard InChI is InChI=1S/C16H15BrFNO2/c1-21-16(20)13(11-5-3-2-4-6-11)10-19-12-7-8-14(17)15(18)9-12/h2-9,13,19H,10H2,1H3. The minimum absolute atomic E-state index is 0.328. The molecule has 0 aliphatic rings. The smallest absolute Gasteiger partial charge is 0.314 e. The van der Waals surface area contributed by atoms with Crippen molar-refractivity contribution in [2.24, 2.45) is 0 Å². The van der Waals surface area contributed by atoms with Crippen LogP contribution in [0.25, 0.3) is 0 Å². The lowest BCUT2D eigenvalue weighted by molar-refractivity contribution is -0.142. The Morgan fingerprint density at radius 1 is 1.29 bits per heavy atom. The van der Waals surface area contributed by atoms with E-state index < -0.39 is 5.92 Å². The van der Waals surface area contributed by atoms with Crippen molar-refractivity contribution >= 4 is 27.6 Å². The number of ether oxygens (including phenoxy) is 1. The molecule has 110 valence electrons. The normalized spacial score (nSPS) is 11.8. The van der Waals surface area contributed by atoms with Gasteiger partial charge >= 0.3 is 5.97 Å². The Morgan fingerprint density at radius 2 is 2.00 bits per heavy atom. The SMILES string of the molecule is COC(=O)C(CNc1ccc(Br)c(F)c1)c1ccccc1. The Labute approximate surface area is 131 Å². The van der Waals surface area contributed by atoms with Crippen molar-refractivity contribution in [3.05, 3.63) is 64.4 Å². The van der Waals surface area contributed by atoms with Crippen LogP contribution < -0.4 is 5.32 Å². The van der Waals surface area contributed by atoms with Crippen LogP contribution in [0.2, 0.25) is 0 Å². The minimum Gasteiger partial charge on any atom is -0.468 e. The number of hydrogen-bond acceptors (Lipinski definition) is 3. The Kier molecular flexibility index (Phi) is 5.33. The van der Waals surface area contributed by atoms with Crippen LogP contribution in [-0.2, 0) is 9.53 Å². The lowest BCUT2D eigenvalue weighted by Gasteiger charge is -2.16. The minimum atomic E-state index is -0.442. The van der Waals surface area contributed by atoms with E-state index in [9.17, 15) is 9.18 Å². The van der Waals surface area contributed by atoms with E-state index in [1.54, 1.807) is 12.1 Å². The highest BCUT2D eigenvalue weighted by Gasteiger charge is 2.21. The first-order chi connectivity index (χ1) is 10.1. The van der Waals surface area contributed by atoms with E-state index in [1.807, 2.05) is 30.3 Å². The summed E-state index contributed by atoms with van der Waals surface area (Å²) in [4.78, 5) is 11.9. The molecule has 0 saturated heterocycles. The average molecular weight is 352 g/mol. The van der Waals surface area contributed by atoms with Crippen molar-refractivity contribution < 1.29 is 13.9 Å². The molecular weight excluding hydrogens is 337 g/mol. The summed E-state index contributed by atoms with van der Waals surface area (Å²) >= 11 is 3.10. The van der Waals surface area contributed by atoms with Crippen molar-refractivity contribution in [1.29, 1.82) is 0 Å². The van der Waals surface area contributed by atoms with Gasteiger partial charge in [0.25, 0.3) is 0 Å². The van der Waals surface area contributed by atoms with Crippen LogP contribution in [0.15, 0.2) is 53.0 Å². The summed E-state index contributed by atoms with van der Waals surface area (Å²) in [5.74, 6) is -1.12. The van der Waals surface area contributed by atoms with Crippen molar-refractivity contribution in [1.82, 2.24) is 0 Å². The zero-order valence-corrected chi connectivity index (χ0v) is 13.1. The predicted molar refractivity (Wildman–Crippen MR) is 83.8 cm³/mol. The molecule has 5 heteroatoms. The molecule has 0 aliphatic carbocycles. The fourth-order valence-corrected chi connectivity index (χ4v) is 2.24. The molecule has 1 atom stereocenters. The van der Waals surface area contributed by atoms with Crippen molar-refractivity contribution in [3.63, 3.8) is 0 Å². The van der Waals surface area contributed by atoms with Gasteiger partial charge in [-0.25, -0.2) is 4.39 Å². The molecule has 0 aromatic heterocycles. The largest absolute Gasteiger partial charge is 0.468 e. The van der Waals surface area contributed by atoms with Crippen molar-refractivity contribution in [2.75, 3.05) is 19.0 Å². The molecule has 0 radical (unpaired) electrons. The summed E-state index contributed by atoms with van der Waals surface area (Å²) in [6.45, 7) is 0.331. The molecule has 3 nitrogen and oxygen atoms in total. The van der Waals surface area contributed by atoms with Crippen LogP contribution in [0, 0.1) is 5.82 Å². The zero-order valence-electron chi connectivity index (χ0n) is 11.5. The van der Waals surface area contributed by atoms with Gasteiger partial charge in [-0.1, -0.05) is 30.3 Å². The third kappa shape index (κ3) is 4.04. The first-order valence-electron chi connectivity index (χ1n) is 6.43. The van der Waals surface area contributed by atoms with E-state index in [4.69, 9.17) is 4.74 Å². The van der Waals surface area contributed by atoms with Crippen LogP contribution in [0.5, 0.6) is 0 Å². The van der Waals surface area contributed by atoms with Gasteiger partial charge < -0.3 is 10.1 Å². The summed E-state index contributed by atoms with van der Waals surface area (Å²) in [6, 6.07) is 14.1. The highest BCUT2D eigenvalue weighted by atomic mass is 79.9. The van der Waals surface area contributed by atoms with Gasteiger partial charge in [-0.2, -0.15) is 0 Å². The van der Waals surface area contributed by atoms with E-state index in [1.165, 1.54) is 13.2 Å². The number of halogens is 2. The second kappa shape index (κ2) is 7.22. The van der Waals surface area contributed by atoms with Gasteiger partial charge in [0.1, 0.15) is 5.82 Å². The number of esters is 1. The fourth-order valence-electron chi connectivity index (χ4n) is 1.99. The number of methoxy groups -OCH3 is 1. The lowest BCUT2D eigenvalue weighted by atomic mass is 9.99. The second-order valence-corrected chi connectivity index (χ2v) is 5.35. The Hall–Kier alpha value is -1.88. The molecule has 2 aromatic rings. The van der Waals surface area contributed by atoms with E-state index in [-0.39, 0.29) is 11.8 Å². The van der Waals surface area contributed by atoms with Gasteiger partial charge in [0.15, 0.2) is 0 Å². The summed E-state index contributed by atoms with van der Waals surface area (Å²) < 4.78 is 18.7. The molecule has 0 bridgehead atoms. The van der Waals surface area contributed by atoms with E-state index in [2.05, 4.69) is 21.2 Å². The molecule has 0 heterocycles. The molecule has 1 unspecified atom stereocenters. The number of nitrogens with one attached hydrogen (secondary N) is 1. The highest BCUT2D eigenvalue weighted by Crippen LogP contribution is 2.22. The summed E-state index contributed by atoms with van der Waals surface area (Å²) in [7, 11) is 1.36. The monoisotopic (exact) mass is 351 g/mol. The lowest BCUT2D eigenvalue weighted by Crippen LogP contribution is -2.22. The molecule has 0 aliphatic heterocycles. The summed E-state index contributed by atoms with van der Waals surface area (Å²) in [5, 5.41) is 3.06. The maximum absolute atomic E-state index is 13.5. The number of benzene rings is 2. The Morgan fingerprint density at radius 3 is 2.62 bits per heavy atom. The molecule has 0 amide bonds. The molecule has 0 saturated carbocycles. The number of carbonyl (C=O) groups excluding carboxylic acids is 1. The van der Waals surface area contributed by atoms with Crippen LogP contribution >= 0.6 is 15.9 Å². The van der Waals surface area contributed by atoms with Gasteiger partial charge in [0.05, 0.1) is 17.5 Å². The molecular formula is C16H15BrFNO2. The molecule has 0 fully saturated rings. The van der Waals surface area contributed by atoms with Crippen LogP contribution in [0.1, 0.15) is 11.5 Å². The van der Waals surface area contributed by atoms with Gasteiger partial charge in [-0.05, 0) is 39.7 Å². The Bertz CT molecular complexity index is 619. The highest BCUT2D eigenvalue weighted by molar-refractivity contribution is 9.10. The van der Waals surface area contributed by atoms with Crippen molar-refractivity contribution in [2.45, 2.75) is 5.92 Å². The van der Waals surface area contributed by atoms with Gasteiger partial charge in [0, 0.05) is 12.2 Å². The van der Waals surface area contributed by atoms with E-state index >= 15 is 0 Å². The van der Waals surface area contributed by atoms with Crippen molar-refractivity contribution in [3.8, 4) is 0 Å². The molecule has 2 rings (SSSR count). The van der Waals surface area contributed by atoms with Gasteiger partial charge in [-0.3, -0.25) is 4.79 Å². The first-order valence-corrected chi connectivity index (χ1v) is 7.23. The average Bonchev–Trinajstić information content (AvgIpc) is 2.51. The molecule has 0 spiro atoms. The van der Waals surface area contributed by atoms with Crippen LogP contribution in [0.4, 0.5) is 10.1 Å². The molecule has 2 aromatic carbocycles. The summed E-state index contributed by atoms with van der Waals surface area (Å²) in [5.41, 5.74) is 1.47. The number of hydrogen-bond donors (Lipinski definition) is 1. The Balaban J connectivity index is 2.12. The molecule has 21 heavy (non-hydrogen) atoms. The third-order valence-corrected chi connectivity index (χ3v) is 3.76. The zero-order chi connectivity index (χ0) is 15.2.